The quantitative estimate of drug-likeness (QED) is 0.595. The highest BCUT2D eigenvalue weighted by Crippen LogP contribution is 2.39. The molecular formula is C23H22ClN3O3. The maximum Gasteiger partial charge on any atom is 0.226 e. The molecule has 1 atom stereocenters. The molecule has 1 N–H and O–H groups in total. The van der Waals surface area contributed by atoms with Crippen LogP contribution in [0.1, 0.15) is 46.4 Å². The number of ketones is 1. The number of carbonyl (C=O) groups is 2. The lowest BCUT2D eigenvalue weighted by Gasteiger charge is -2.23. The van der Waals surface area contributed by atoms with Gasteiger partial charge in [0.2, 0.25) is 5.91 Å². The first-order valence-electron chi connectivity index (χ1n) is 9.82. The largest absolute Gasteiger partial charge is 0.494 e. The molecule has 1 aromatic heterocycles. The number of rotatable bonds is 5. The zero-order valence-electron chi connectivity index (χ0n) is 17.0. The first kappa shape index (κ1) is 20.2. The summed E-state index contributed by atoms with van der Waals surface area (Å²) in [5.74, 6) is 0.308. The van der Waals surface area contributed by atoms with Gasteiger partial charge in [-0.15, -0.1) is 0 Å². The van der Waals surface area contributed by atoms with Crippen molar-refractivity contribution in [1.29, 1.82) is 0 Å². The number of ether oxygens (including phenoxy) is 1. The predicted octanol–water partition coefficient (Wildman–Crippen LogP) is 4.85. The van der Waals surface area contributed by atoms with E-state index in [1.54, 1.807) is 35.0 Å². The number of hydrogen-bond donors (Lipinski definition) is 1. The summed E-state index contributed by atoms with van der Waals surface area (Å²) >= 11 is 6.28. The van der Waals surface area contributed by atoms with Crippen molar-refractivity contribution in [2.75, 3.05) is 11.9 Å². The lowest BCUT2D eigenvalue weighted by Crippen LogP contribution is -2.28. The van der Waals surface area contributed by atoms with E-state index in [0.717, 1.165) is 16.8 Å². The second-order valence-corrected chi connectivity index (χ2v) is 7.68. The fourth-order valence-corrected chi connectivity index (χ4v) is 4.02. The number of aryl methyl sites for hydroxylation is 1. The smallest absolute Gasteiger partial charge is 0.226 e. The molecule has 0 bridgehead atoms. The minimum atomic E-state index is -0.597. The van der Waals surface area contributed by atoms with E-state index < -0.39 is 5.92 Å². The molecule has 1 amide bonds. The van der Waals surface area contributed by atoms with Gasteiger partial charge in [-0.1, -0.05) is 17.7 Å². The molecule has 0 saturated heterocycles. The molecule has 0 aliphatic carbocycles. The van der Waals surface area contributed by atoms with E-state index in [0.29, 0.717) is 34.5 Å². The van der Waals surface area contributed by atoms with Crippen LogP contribution in [0, 0.1) is 13.8 Å². The van der Waals surface area contributed by atoms with Crippen LogP contribution in [0.5, 0.6) is 5.75 Å². The van der Waals surface area contributed by atoms with Gasteiger partial charge in [0.25, 0.3) is 0 Å². The monoisotopic (exact) mass is 423 g/mol. The fraction of sp³-hybridized carbons (Fsp3) is 0.261. The van der Waals surface area contributed by atoms with Gasteiger partial charge < -0.3 is 10.1 Å². The Balaban J connectivity index is 1.77. The van der Waals surface area contributed by atoms with E-state index in [9.17, 15) is 9.59 Å². The first-order chi connectivity index (χ1) is 14.4. The van der Waals surface area contributed by atoms with Crippen LogP contribution in [-0.4, -0.2) is 28.1 Å². The van der Waals surface area contributed by atoms with Crippen molar-refractivity contribution in [1.82, 2.24) is 9.78 Å². The van der Waals surface area contributed by atoms with Crippen molar-refractivity contribution in [2.45, 2.75) is 33.1 Å². The molecule has 0 unspecified atom stereocenters. The van der Waals surface area contributed by atoms with Gasteiger partial charge in [0.05, 0.1) is 23.9 Å². The summed E-state index contributed by atoms with van der Waals surface area (Å²) < 4.78 is 7.12. The molecule has 0 spiro atoms. The standard InChI is InChI=1S/C23H22ClN3O3/c1-4-30-16-10-8-15(9-11-16)22(29)17-12-20(28)25-23-21(17)14(3)26-27(23)19-7-5-6-18(24)13(19)2/h5-11,17H,4,12H2,1-3H3,(H,25,28)/t17-/m0/s1. The van der Waals surface area contributed by atoms with Crippen LogP contribution in [0.25, 0.3) is 5.69 Å². The third-order valence-electron chi connectivity index (χ3n) is 5.34. The maximum atomic E-state index is 13.3. The second kappa shape index (κ2) is 7.95. The van der Waals surface area contributed by atoms with Crippen LogP contribution in [0.3, 0.4) is 0 Å². The normalized spacial score (nSPS) is 15.5. The average Bonchev–Trinajstić information content (AvgIpc) is 3.06. The summed E-state index contributed by atoms with van der Waals surface area (Å²) in [5, 5.41) is 8.15. The zero-order valence-corrected chi connectivity index (χ0v) is 17.8. The van der Waals surface area contributed by atoms with Crippen molar-refractivity contribution < 1.29 is 14.3 Å². The Kier molecular flexibility index (Phi) is 5.35. The number of benzene rings is 2. The molecule has 0 fully saturated rings. The Hall–Kier alpha value is -3.12. The Morgan fingerprint density at radius 2 is 1.97 bits per heavy atom. The van der Waals surface area contributed by atoms with Crippen LogP contribution in [-0.2, 0) is 4.79 Å². The number of anilines is 1. The Morgan fingerprint density at radius 1 is 1.23 bits per heavy atom. The number of fused-ring (bicyclic) bond motifs is 1. The van der Waals surface area contributed by atoms with Crippen LogP contribution >= 0.6 is 11.6 Å². The Labute approximate surface area is 179 Å². The van der Waals surface area contributed by atoms with Crippen LogP contribution in [0.15, 0.2) is 42.5 Å². The third kappa shape index (κ3) is 3.48. The molecule has 3 aromatic rings. The van der Waals surface area contributed by atoms with Gasteiger partial charge in [-0.2, -0.15) is 5.10 Å². The SMILES string of the molecule is CCOc1ccc(C(=O)[C@H]2CC(=O)Nc3c2c(C)nn3-c2cccc(Cl)c2C)cc1. The highest BCUT2D eigenvalue weighted by Gasteiger charge is 2.36. The van der Waals surface area contributed by atoms with Gasteiger partial charge >= 0.3 is 0 Å². The lowest BCUT2D eigenvalue weighted by molar-refractivity contribution is -0.116. The van der Waals surface area contributed by atoms with Gasteiger partial charge in [0, 0.05) is 22.6 Å². The summed E-state index contributed by atoms with van der Waals surface area (Å²) in [6, 6.07) is 12.5. The molecule has 4 rings (SSSR count). The van der Waals surface area contributed by atoms with E-state index >= 15 is 0 Å². The average molecular weight is 424 g/mol. The lowest BCUT2D eigenvalue weighted by atomic mass is 9.85. The molecule has 1 aliphatic rings. The number of nitrogens with zero attached hydrogens (tertiary/aromatic N) is 2. The number of amides is 1. The van der Waals surface area contributed by atoms with E-state index in [4.69, 9.17) is 16.3 Å². The van der Waals surface area contributed by atoms with E-state index in [1.165, 1.54) is 0 Å². The highest BCUT2D eigenvalue weighted by atomic mass is 35.5. The van der Waals surface area contributed by atoms with Crippen molar-refractivity contribution in [3.63, 3.8) is 0 Å². The molecule has 30 heavy (non-hydrogen) atoms. The Morgan fingerprint density at radius 3 is 2.67 bits per heavy atom. The highest BCUT2D eigenvalue weighted by molar-refractivity contribution is 6.31. The summed E-state index contributed by atoms with van der Waals surface area (Å²) in [6.07, 6.45) is 0.0834. The van der Waals surface area contributed by atoms with Gasteiger partial charge in [-0.25, -0.2) is 4.68 Å². The predicted molar refractivity (Wildman–Crippen MR) is 116 cm³/mol. The molecular weight excluding hydrogens is 402 g/mol. The van der Waals surface area contributed by atoms with Crippen molar-refractivity contribution >= 4 is 29.1 Å². The van der Waals surface area contributed by atoms with E-state index in [-0.39, 0.29) is 18.1 Å². The number of halogens is 1. The number of carbonyl (C=O) groups excluding carboxylic acids is 2. The van der Waals surface area contributed by atoms with Gasteiger partial charge in [0.15, 0.2) is 5.78 Å². The maximum absolute atomic E-state index is 13.3. The van der Waals surface area contributed by atoms with Crippen molar-refractivity contribution in [3.05, 3.63) is 69.9 Å². The number of hydrogen-bond acceptors (Lipinski definition) is 4. The summed E-state index contributed by atoms with van der Waals surface area (Å²) in [4.78, 5) is 25.8. The van der Waals surface area contributed by atoms with Crippen molar-refractivity contribution in [2.24, 2.45) is 0 Å². The molecule has 154 valence electrons. The van der Waals surface area contributed by atoms with Crippen molar-refractivity contribution in [3.8, 4) is 11.4 Å². The Bertz CT molecular complexity index is 1140. The molecule has 0 saturated carbocycles. The van der Waals surface area contributed by atoms with Crippen LogP contribution in [0.2, 0.25) is 5.02 Å². The summed E-state index contributed by atoms with van der Waals surface area (Å²) in [6.45, 7) is 6.21. The van der Waals surface area contributed by atoms with Gasteiger partial charge in [0.1, 0.15) is 11.6 Å². The summed E-state index contributed by atoms with van der Waals surface area (Å²) in [5.41, 5.74) is 3.59. The van der Waals surface area contributed by atoms with Gasteiger partial charge in [-0.05, 0) is 62.7 Å². The molecule has 6 nitrogen and oxygen atoms in total. The van der Waals surface area contributed by atoms with Gasteiger partial charge in [-0.3, -0.25) is 9.59 Å². The minimum Gasteiger partial charge on any atom is -0.494 e. The molecule has 2 aromatic carbocycles. The molecule has 7 heteroatoms. The van der Waals surface area contributed by atoms with Crippen LogP contribution in [0.4, 0.5) is 5.82 Å². The molecule has 2 heterocycles. The van der Waals surface area contributed by atoms with E-state index in [2.05, 4.69) is 10.4 Å². The topological polar surface area (TPSA) is 73.2 Å². The minimum absolute atomic E-state index is 0.0834. The zero-order chi connectivity index (χ0) is 21.4. The molecule has 1 aliphatic heterocycles. The second-order valence-electron chi connectivity index (χ2n) is 7.27. The van der Waals surface area contributed by atoms with E-state index in [1.807, 2.05) is 32.9 Å². The first-order valence-corrected chi connectivity index (χ1v) is 10.2. The summed E-state index contributed by atoms with van der Waals surface area (Å²) in [7, 11) is 0. The molecule has 0 radical (unpaired) electrons. The number of aromatic nitrogens is 2. The number of Topliss-reactive ketones (excluding diaryl/α,β-unsaturated/α-hetero) is 1. The third-order valence-corrected chi connectivity index (χ3v) is 5.75. The fourth-order valence-electron chi connectivity index (χ4n) is 3.85. The number of nitrogens with one attached hydrogen (secondary N) is 1. The van der Waals surface area contributed by atoms with Crippen LogP contribution < -0.4 is 10.1 Å².